The zero-order chi connectivity index (χ0) is 69.0. The van der Waals surface area contributed by atoms with E-state index < -0.39 is 33.0 Å². The summed E-state index contributed by atoms with van der Waals surface area (Å²) < 4.78 is 42.3. The summed E-state index contributed by atoms with van der Waals surface area (Å²) in [6.45, 7) is 53.7. The minimum Gasteiger partial charge on any atom is -1.00 e. The van der Waals surface area contributed by atoms with E-state index in [0.717, 1.165) is 28.3 Å². The van der Waals surface area contributed by atoms with Crippen LogP contribution in [-0.2, 0) is 42.6 Å². The molecule has 19 heteroatoms. The van der Waals surface area contributed by atoms with Gasteiger partial charge in [0.15, 0.2) is 5.78 Å². The number of amides is 1. The molecule has 11 nitrogen and oxygen atoms in total. The third-order valence-corrected chi connectivity index (χ3v) is 17.8. The number of carbonyl (C=O) groups is 2. The van der Waals surface area contributed by atoms with Crippen molar-refractivity contribution in [3.8, 4) is 0 Å². The Hall–Kier alpha value is -2.37. The van der Waals surface area contributed by atoms with E-state index in [4.69, 9.17) is 10.9 Å². The minimum absolute atomic E-state index is 0. The van der Waals surface area contributed by atoms with Crippen molar-refractivity contribution in [2.75, 3.05) is 14.2 Å². The molecule has 511 valence electrons. The minimum atomic E-state index is -1.20. The van der Waals surface area contributed by atoms with Crippen molar-refractivity contribution < 1.29 is 76.9 Å². The van der Waals surface area contributed by atoms with Gasteiger partial charge in [0.2, 0.25) is 5.91 Å². The van der Waals surface area contributed by atoms with E-state index in [1.807, 2.05) is 113 Å². The summed E-state index contributed by atoms with van der Waals surface area (Å²) in [5.74, 6) is 2.75. The van der Waals surface area contributed by atoms with Crippen molar-refractivity contribution in [1.82, 2.24) is 9.79 Å². The average molecular weight is 1420 g/mol. The molecule has 5 aromatic rings. The van der Waals surface area contributed by atoms with Crippen LogP contribution in [0.1, 0.15) is 284 Å². The van der Waals surface area contributed by atoms with Gasteiger partial charge in [0.25, 0.3) is 0 Å². The van der Waals surface area contributed by atoms with Crippen LogP contribution in [0.25, 0.3) is 0 Å². The van der Waals surface area contributed by atoms with E-state index in [1.54, 1.807) is 14.0 Å². The van der Waals surface area contributed by atoms with Gasteiger partial charge in [-0.2, -0.15) is 10.8 Å². The predicted octanol–water partition coefficient (Wildman–Crippen LogP) is 13.6. The zero-order valence-electron chi connectivity index (χ0n) is 63.3. The van der Waals surface area contributed by atoms with Crippen LogP contribution >= 0.6 is 28.3 Å². The molecule has 92 heavy (non-hydrogen) atoms. The smallest absolute Gasteiger partial charge is 1.00 e. The number of nitrogens with two attached hydrogens (primary N) is 2. The van der Waals surface area contributed by atoms with Crippen molar-refractivity contribution in [2.24, 2.45) is 15.3 Å². The van der Waals surface area contributed by atoms with Crippen LogP contribution in [0.3, 0.4) is 0 Å². The molecule has 5 aromatic carbocycles. The molecule has 0 saturated carbocycles. The molecule has 0 bridgehead atoms. The van der Waals surface area contributed by atoms with Gasteiger partial charge in [0.1, 0.15) is 11.0 Å². The number of ketones is 1. The number of rotatable bonds is 14. The second-order valence-corrected chi connectivity index (χ2v) is 32.6. The molecule has 5 rings (SSSR count). The average Bonchev–Trinajstić information content (AvgIpc) is 1.21. The molecule has 0 heterocycles. The topological polar surface area (TPSA) is 174 Å². The van der Waals surface area contributed by atoms with Gasteiger partial charge in [0, 0.05) is 44.5 Å². The van der Waals surface area contributed by atoms with Crippen LogP contribution in [0.5, 0.6) is 0 Å². The molecule has 0 spiro atoms. The van der Waals surface area contributed by atoms with E-state index in [9.17, 15) is 22.2 Å². The number of halogens is 2. The van der Waals surface area contributed by atoms with Gasteiger partial charge in [-0.3, -0.25) is 19.6 Å². The maximum absolute atomic E-state index is 12.1. The van der Waals surface area contributed by atoms with Gasteiger partial charge in [-0.25, -0.2) is 22.4 Å². The summed E-state index contributed by atoms with van der Waals surface area (Å²) in [6.07, 6.45) is 2.28. The Labute approximate surface area is 622 Å². The first-order valence-corrected chi connectivity index (χ1v) is 35.0. The first-order chi connectivity index (χ1) is 40.4. The predicted molar refractivity (Wildman–Crippen MR) is 404 cm³/mol. The van der Waals surface area contributed by atoms with Crippen LogP contribution in [0, 0.1) is 6.92 Å². The van der Waals surface area contributed by atoms with Crippen molar-refractivity contribution in [1.29, 1.82) is 0 Å². The quantitative estimate of drug-likeness (QED) is 0.0326. The second kappa shape index (κ2) is 53.7. The monoisotopic (exact) mass is 1410 g/mol. The van der Waals surface area contributed by atoms with Gasteiger partial charge >= 0.3 is 48.4 Å². The number of hydrogen-bond acceptors (Lipinski definition) is 7. The van der Waals surface area contributed by atoms with Crippen LogP contribution in [0.15, 0.2) is 130 Å². The first kappa shape index (κ1) is 103. The van der Waals surface area contributed by atoms with E-state index in [-0.39, 0.29) is 109 Å². The summed E-state index contributed by atoms with van der Waals surface area (Å²) in [5.41, 5.74) is 17.5. The Morgan fingerprint density at radius 3 is 1.20 bits per heavy atom. The number of nitrogens with one attached hydrogen (secondary N) is 1. The number of unbranched alkanes of at least 4 members (excludes halogenated alkanes) is 1. The summed E-state index contributed by atoms with van der Waals surface area (Å²) in [4.78, 5) is 25.7. The molecule has 0 aromatic heterocycles. The molecule has 0 aliphatic carbocycles. The van der Waals surface area contributed by atoms with Crippen molar-refractivity contribution >= 4 is 87.1 Å². The van der Waals surface area contributed by atoms with E-state index in [2.05, 4.69) is 205 Å². The first-order valence-electron chi connectivity index (χ1n) is 30.7. The SMILES string of the molecule is CC(=N[S@@](=O)C(C)(C)C)c1cccc(C(C)C)c1.CC(=O)c1cccc(C(C)C)c1.CC(C)(C)[S@@](N)=O.CC(C)c1cccc(Br)c1.CC(C)c1cccc([C@H](C)N)c1.CC(C)c1cccc([C@H](C)N[S@@](=O)C(C)(C)C)c1.CON(C)C(C)=O.Cl.[B].[CH2-]CCC.[H-].[Li+].[Na+]. The molecule has 0 fully saturated rings. The van der Waals surface area contributed by atoms with Crippen LogP contribution < -0.4 is 64.0 Å². The van der Waals surface area contributed by atoms with Crippen LogP contribution in [0.4, 0.5) is 0 Å². The fourth-order valence-electron chi connectivity index (χ4n) is 6.34. The zero-order valence-corrected chi connectivity index (χ0v) is 69.1. The molecular weight excluding hydrogens is 1300 g/mol. The third kappa shape index (κ3) is 48.3. The third-order valence-electron chi connectivity index (χ3n) is 12.9. The van der Waals surface area contributed by atoms with E-state index in [1.165, 1.54) is 63.9 Å². The second-order valence-electron chi connectivity index (χ2n) is 26.0. The molecule has 0 aliphatic heterocycles. The van der Waals surface area contributed by atoms with E-state index in [0.29, 0.717) is 29.6 Å². The molecule has 5 N–H and O–H groups in total. The number of hydroxylamine groups is 2. The maximum atomic E-state index is 12.1. The molecule has 0 saturated heterocycles. The number of nitrogens with zero attached hydrogens (tertiary/aromatic N) is 2. The van der Waals surface area contributed by atoms with Crippen molar-refractivity contribution in [3.05, 3.63) is 183 Å². The Kier molecular flexibility index (Phi) is 60.1. The van der Waals surface area contributed by atoms with Gasteiger partial charge in [-0.1, -0.05) is 196 Å². The normalized spacial score (nSPS) is 12.5. The molecule has 3 radical (unpaired) electrons. The Bertz CT molecular complexity index is 2880. The Balaban J connectivity index is -0.000000152. The summed E-state index contributed by atoms with van der Waals surface area (Å²) in [7, 11) is -0.412. The molecule has 0 unspecified atom stereocenters. The summed E-state index contributed by atoms with van der Waals surface area (Å²) in [5, 5.41) is 6.19. The number of carbonyl (C=O) groups excluding carboxylic acids is 2. The number of benzene rings is 5. The van der Waals surface area contributed by atoms with Gasteiger partial charge in [-0.05, 0) is 188 Å². The fourth-order valence-corrected chi connectivity index (χ4v) is 8.20. The van der Waals surface area contributed by atoms with E-state index >= 15 is 0 Å². The summed E-state index contributed by atoms with van der Waals surface area (Å²) >= 11 is 3.43. The fraction of sp³-hybridized carbons (Fsp3) is 0.534. The maximum Gasteiger partial charge on any atom is 1.00 e. The Morgan fingerprint density at radius 1 is 0.598 bits per heavy atom. The largest absolute Gasteiger partial charge is 1.00 e. The standard InChI is InChI=1S/C15H25NOS.C15H23NOS.C11H17N.C11H14O.C9H11Br.C4H9NO2.C4H11NOS.C4H9.B.ClH.Li.Na.H/c2*1-11(2)13-8-7-9-14(10-13)12(3)16-18(17)15(4,5)6;2*1-8(2)10-5-4-6-11(7-10)9(3)12;1-7(2)8-4-3-5-9(10)6-8;1-4(6)5(2)7-3;1-4(2,3)7(5)6;1-3-4-2;;;;;/h7-12,16H,1-6H3;7-11H,1-6H3;4-9H,12H2,1-3H3;4-8H,1-3H3;3-7H,1-2H3;1-3H3;5H2,1-3H3;1,3-4H2,2H3;;1H;;;/q;;;;;;;-1;;;2*+1;-1/t12-,18-;18-;9-;;;;7-;;;;;;/m000...0....../s1. The molecule has 1 amide bonds. The van der Waals surface area contributed by atoms with Gasteiger partial charge in [-0.15, -0.1) is 12.4 Å². The molecule has 5 atom stereocenters. The van der Waals surface area contributed by atoms with Crippen LogP contribution in [0.2, 0.25) is 0 Å². The summed E-state index contributed by atoms with van der Waals surface area (Å²) in [6, 6.07) is 41.8. The molecular formula is C73H121BBrClLiN5NaO6S3. The van der Waals surface area contributed by atoms with Crippen molar-refractivity contribution in [3.63, 3.8) is 0 Å². The molecule has 0 aliphatic rings. The number of hydrogen-bond donors (Lipinski definition) is 3. The van der Waals surface area contributed by atoms with Gasteiger partial charge in [0.05, 0.1) is 49.0 Å². The van der Waals surface area contributed by atoms with Crippen LogP contribution in [-0.4, -0.2) is 71.9 Å². The Morgan fingerprint density at radius 2 is 0.913 bits per heavy atom. The van der Waals surface area contributed by atoms with Gasteiger partial charge < -0.3 is 14.1 Å². The van der Waals surface area contributed by atoms with Crippen molar-refractivity contribution in [2.45, 2.75) is 242 Å². The number of Topliss-reactive ketones (excluding diaryl/α,β-unsaturated/α-hetero) is 1.